The Balaban J connectivity index is 1.32. The van der Waals surface area contributed by atoms with Gasteiger partial charge in [-0.25, -0.2) is 4.79 Å². The van der Waals surface area contributed by atoms with Gasteiger partial charge in [0.2, 0.25) is 0 Å². The van der Waals surface area contributed by atoms with Crippen molar-refractivity contribution in [2.24, 2.45) is 0 Å². The van der Waals surface area contributed by atoms with Crippen molar-refractivity contribution < 1.29 is 94.1 Å². The number of carbonyl (C=O) groups is 1. The summed E-state index contributed by atoms with van der Waals surface area (Å²) in [6.07, 6.45) is -17.0. The van der Waals surface area contributed by atoms with Gasteiger partial charge in [-0.15, -0.1) is 0 Å². The maximum absolute atomic E-state index is 12.6. The van der Waals surface area contributed by atoms with Crippen molar-refractivity contribution in [1.82, 2.24) is 0 Å². The summed E-state index contributed by atoms with van der Waals surface area (Å²) in [5, 5.41) is 113. The Kier molecular flexibility index (Phi) is 13.2. The zero-order chi connectivity index (χ0) is 38.6. The van der Waals surface area contributed by atoms with E-state index in [1.165, 1.54) is 49.4 Å². The lowest BCUT2D eigenvalue weighted by molar-refractivity contribution is -0.371. The lowest BCUT2D eigenvalue weighted by atomic mass is 9.96. The number of aliphatic hydroxyl groups excluding tert-OH is 6. The Morgan fingerprint density at radius 2 is 1.51 bits per heavy atom. The van der Waals surface area contributed by atoms with Gasteiger partial charge >= 0.3 is 5.97 Å². The van der Waals surface area contributed by atoms with Crippen LogP contribution in [-0.4, -0.2) is 168 Å². The molecular weight excluding hydrogens is 712 g/mol. The molecule has 0 bridgehead atoms. The Morgan fingerprint density at radius 1 is 0.830 bits per heavy atom. The molecule has 3 aliphatic rings. The first-order valence-corrected chi connectivity index (χ1v) is 16.6. The fourth-order valence-corrected chi connectivity index (χ4v) is 5.85. The van der Waals surface area contributed by atoms with Gasteiger partial charge in [0.15, 0.2) is 41.9 Å². The minimum Gasteiger partial charge on any atom is -0.504 e. The van der Waals surface area contributed by atoms with Crippen LogP contribution in [-0.2, 0) is 44.4 Å². The standard InChI is InChI=1S/C34H44O19/c1-15-24(41)26(43)29(53-33-30(45)34(46,13-35)14-49-33)32(50-15)52-28-25(42)22(12-48-23(40)7-4-16-2-5-18(36)20(38)10-16)51-31(27(28)44)47-9-8-17-3-6-19(37)21(39)11-17/h2-7,10-11,15,22,24-33,35-39,41-46H,8-9,12-14H2,1H3/b7-4+/t15-,22+,24-,25+,26+,27+,28-,29+,30-,31+,32-,33-,34+/m0/s1. The molecule has 0 spiro atoms. The third kappa shape index (κ3) is 9.35. The molecule has 0 saturated carbocycles. The summed E-state index contributed by atoms with van der Waals surface area (Å²) in [5.74, 6) is -2.38. The zero-order valence-electron chi connectivity index (χ0n) is 28.3. The average Bonchev–Trinajstić information content (AvgIpc) is 3.42. The Morgan fingerprint density at radius 3 is 2.17 bits per heavy atom. The van der Waals surface area contributed by atoms with E-state index in [0.717, 1.165) is 6.08 Å². The smallest absolute Gasteiger partial charge is 0.330 e. The van der Waals surface area contributed by atoms with Crippen LogP contribution < -0.4 is 0 Å². The molecule has 2 aromatic carbocycles. The summed E-state index contributed by atoms with van der Waals surface area (Å²) >= 11 is 0. The average molecular weight is 757 g/mol. The molecule has 53 heavy (non-hydrogen) atoms. The highest BCUT2D eigenvalue weighted by molar-refractivity contribution is 5.87. The second-order valence-electron chi connectivity index (χ2n) is 13.0. The van der Waals surface area contributed by atoms with Crippen LogP contribution in [0.4, 0.5) is 0 Å². The van der Waals surface area contributed by atoms with E-state index >= 15 is 0 Å². The predicted molar refractivity (Wildman–Crippen MR) is 174 cm³/mol. The van der Waals surface area contributed by atoms with Gasteiger partial charge in [-0.1, -0.05) is 12.1 Å². The van der Waals surface area contributed by atoms with Crippen molar-refractivity contribution in [2.75, 3.05) is 26.4 Å². The van der Waals surface area contributed by atoms with Crippen molar-refractivity contribution in [3.05, 3.63) is 53.6 Å². The van der Waals surface area contributed by atoms with Crippen LogP contribution in [0.15, 0.2) is 42.5 Å². The third-order valence-electron chi connectivity index (χ3n) is 9.10. The van der Waals surface area contributed by atoms with Gasteiger partial charge < -0.3 is 89.3 Å². The molecule has 0 unspecified atom stereocenters. The van der Waals surface area contributed by atoms with Gasteiger partial charge in [-0.3, -0.25) is 0 Å². The molecular formula is C34H44O19. The second-order valence-corrected chi connectivity index (χ2v) is 13.0. The number of carbonyl (C=O) groups excluding carboxylic acids is 1. The van der Waals surface area contributed by atoms with Gasteiger partial charge in [-0.05, 0) is 54.8 Å². The molecule has 0 aromatic heterocycles. The fourth-order valence-electron chi connectivity index (χ4n) is 5.85. The van der Waals surface area contributed by atoms with Crippen LogP contribution in [0.2, 0.25) is 0 Å². The van der Waals surface area contributed by atoms with E-state index in [0.29, 0.717) is 11.1 Å². The second kappa shape index (κ2) is 17.2. The van der Waals surface area contributed by atoms with E-state index in [2.05, 4.69) is 0 Å². The summed E-state index contributed by atoms with van der Waals surface area (Å²) in [5.41, 5.74) is -1.21. The lowest BCUT2D eigenvalue weighted by Gasteiger charge is -2.47. The largest absolute Gasteiger partial charge is 0.504 e. The number of aliphatic hydroxyl groups is 7. The number of hydrogen-bond donors (Lipinski definition) is 11. The number of aromatic hydroxyl groups is 4. The Hall–Kier alpha value is -3.67. The van der Waals surface area contributed by atoms with Crippen LogP contribution in [0, 0.1) is 0 Å². The normalized spacial score (nSPS) is 36.2. The van der Waals surface area contributed by atoms with E-state index < -0.39 is 111 Å². The molecule has 3 heterocycles. The lowest BCUT2D eigenvalue weighted by Crippen LogP contribution is -2.65. The number of hydrogen-bond acceptors (Lipinski definition) is 19. The summed E-state index contributed by atoms with van der Waals surface area (Å²) in [4.78, 5) is 12.6. The molecule has 0 radical (unpaired) electrons. The number of rotatable bonds is 13. The van der Waals surface area contributed by atoms with Crippen LogP contribution in [0.3, 0.4) is 0 Å². The van der Waals surface area contributed by atoms with Gasteiger partial charge in [0.1, 0.15) is 61.0 Å². The van der Waals surface area contributed by atoms with Crippen molar-refractivity contribution in [2.45, 2.75) is 92.8 Å². The highest BCUT2D eigenvalue weighted by Gasteiger charge is 2.55. The number of ether oxygens (including phenoxy) is 7. The van der Waals surface area contributed by atoms with Gasteiger partial charge in [0.05, 0.1) is 25.9 Å². The first-order valence-electron chi connectivity index (χ1n) is 16.6. The molecule has 19 nitrogen and oxygen atoms in total. The van der Waals surface area contributed by atoms with E-state index in [1.54, 1.807) is 0 Å². The van der Waals surface area contributed by atoms with Crippen molar-refractivity contribution in [3.63, 3.8) is 0 Å². The van der Waals surface area contributed by atoms with Crippen molar-refractivity contribution in [1.29, 1.82) is 0 Å². The molecule has 294 valence electrons. The summed E-state index contributed by atoms with van der Waals surface area (Å²) in [6, 6.07) is 7.93. The number of benzene rings is 2. The number of esters is 1. The maximum Gasteiger partial charge on any atom is 0.330 e. The quantitative estimate of drug-likeness (QED) is 0.0569. The molecule has 5 rings (SSSR count). The first-order chi connectivity index (χ1) is 25.1. The third-order valence-corrected chi connectivity index (χ3v) is 9.10. The predicted octanol–water partition coefficient (Wildman–Crippen LogP) is -2.55. The van der Waals surface area contributed by atoms with E-state index in [4.69, 9.17) is 33.2 Å². The van der Waals surface area contributed by atoms with Crippen LogP contribution in [0.1, 0.15) is 18.1 Å². The molecule has 3 saturated heterocycles. The van der Waals surface area contributed by atoms with Crippen LogP contribution in [0.25, 0.3) is 6.08 Å². The maximum atomic E-state index is 12.6. The van der Waals surface area contributed by atoms with E-state index in [1.807, 2.05) is 0 Å². The first kappa shape index (κ1) is 40.5. The van der Waals surface area contributed by atoms with E-state index in [-0.39, 0.29) is 30.3 Å². The molecule has 11 N–H and O–H groups in total. The minimum absolute atomic E-state index is 0.137. The monoisotopic (exact) mass is 756 g/mol. The van der Waals surface area contributed by atoms with Gasteiger partial charge in [0, 0.05) is 6.08 Å². The fraction of sp³-hybridized carbons (Fsp3) is 0.559. The van der Waals surface area contributed by atoms with Crippen LogP contribution in [0.5, 0.6) is 23.0 Å². The molecule has 0 aliphatic carbocycles. The topological polar surface area (TPSA) is 304 Å². The molecule has 2 aromatic rings. The number of phenols is 4. The molecule has 13 atom stereocenters. The van der Waals surface area contributed by atoms with Crippen LogP contribution >= 0.6 is 0 Å². The molecule has 3 aliphatic heterocycles. The highest BCUT2D eigenvalue weighted by atomic mass is 16.8. The number of phenolic OH excluding ortho intramolecular Hbond substituents is 4. The summed E-state index contributed by atoms with van der Waals surface area (Å²) in [6.45, 7) is -0.798. The summed E-state index contributed by atoms with van der Waals surface area (Å²) < 4.78 is 39.5. The molecule has 19 heteroatoms. The zero-order valence-corrected chi connectivity index (χ0v) is 28.3. The van der Waals surface area contributed by atoms with E-state index in [9.17, 15) is 61.0 Å². The SMILES string of the molecule is C[C@@H]1O[C@@H](O[C@@H]2[C@@H](O)[C@H](OCCc3ccc(O)c(O)c3)O[C@H](COC(=O)/C=C/c3ccc(O)c(O)c3)[C@H]2O)[C@H](O[C@@H]2OC[C@](O)(CO)[C@H]2O)[C@H](O)[C@H]1O. The molecule has 3 fully saturated rings. The van der Waals surface area contributed by atoms with Crippen molar-refractivity contribution in [3.8, 4) is 23.0 Å². The van der Waals surface area contributed by atoms with Gasteiger partial charge in [0.25, 0.3) is 0 Å². The van der Waals surface area contributed by atoms with Crippen molar-refractivity contribution >= 4 is 12.0 Å². The summed E-state index contributed by atoms with van der Waals surface area (Å²) in [7, 11) is 0. The Bertz CT molecular complexity index is 1570. The molecule has 0 amide bonds. The Labute approximate surface area is 302 Å². The highest BCUT2D eigenvalue weighted by Crippen LogP contribution is 2.34. The van der Waals surface area contributed by atoms with Gasteiger partial charge in [-0.2, -0.15) is 0 Å². The minimum atomic E-state index is -2.10.